The minimum Gasteiger partial charge on any atom is -0.379 e. The summed E-state index contributed by atoms with van der Waals surface area (Å²) >= 11 is 0. The second-order valence-corrected chi connectivity index (χ2v) is 5.74. The van der Waals surface area contributed by atoms with Crippen LogP contribution in [-0.4, -0.2) is 61.5 Å². The molecule has 102 valence electrons. The van der Waals surface area contributed by atoms with E-state index in [-0.39, 0.29) is 23.1 Å². The monoisotopic (exact) mass is 254 g/mol. The van der Waals surface area contributed by atoms with Crippen molar-refractivity contribution in [2.45, 2.75) is 20.3 Å². The maximum atomic E-state index is 12.2. The molecule has 0 bridgehead atoms. The van der Waals surface area contributed by atoms with Crippen LogP contribution in [0.5, 0.6) is 0 Å². The third kappa shape index (κ3) is 2.36. The highest BCUT2D eigenvalue weighted by atomic mass is 16.5. The molecule has 0 spiro atoms. The Morgan fingerprint density at radius 1 is 1.56 bits per heavy atom. The van der Waals surface area contributed by atoms with Crippen LogP contribution in [-0.2, 0) is 14.3 Å². The number of nitrogens with zero attached hydrogens (tertiary/aromatic N) is 2. The van der Waals surface area contributed by atoms with Crippen LogP contribution >= 0.6 is 0 Å². The molecule has 2 fully saturated rings. The summed E-state index contributed by atoms with van der Waals surface area (Å²) in [4.78, 5) is 27.5. The molecule has 0 aliphatic carbocycles. The third-order valence-electron chi connectivity index (χ3n) is 3.91. The van der Waals surface area contributed by atoms with Crippen molar-refractivity contribution in [2.75, 3.05) is 39.9 Å². The summed E-state index contributed by atoms with van der Waals surface area (Å²) in [5, 5.41) is 0. The third-order valence-corrected chi connectivity index (χ3v) is 3.91. The van der Waals surface area contributed by atoms with Crippen LogP contribution in [0.25, 0.3) is 0 Å². The Morgan fingerprint density at radius 3 is 2.67 bits per heavy atom. The molecule has 18 heavy (non-hydrogen) atoms. The molecule has 0 saturated carbocycles. The number of amides is 2. The van der Waals surface area contributed by atoms with E-state index >= 15 is 0 Å². The SMILES string of the molecule is CCN1C[C@@H](CN(C)C(=O)C2(C)COC2)CC1=O. The molecule has 0 aromatic rings. The minimum atomic E-state index is -0.345. The Balaban J connectivity index is 1.86. The molecule has 1 atom stereocenters. The van der Waals surface area contributed by atoms with Crippen molar-refractivity contribution < 1.29 is 14.3 Å². The number of carbonyl (C=O) groups excluding carboxylic acids is 2. The maximum Gasteiger partial charge on any atom is 0.232 e. The smallest absolute Gasteiger partial charge is 0.232 e. The van der Waals surface area contributed by atoms with Crippen LogP contribution in [0.4, 0.5) is 0 Å². The topological polar surface area (TPSA) is 49.9 Å². The van der Waals surface area contributed by atoms with E-state index in [1.165, 1.54) is 0 Å². The number of hydrogen-bond donors (Lipinski definition) is 0. The van der Waals surface area contributed by atoms with E-state index in [2.05, 4.69) is 0 Å². The summed E-state index contributed by atoms with van der Waals surface area (Å²) < 4.78 is 5.12. The molecular formula is C13H22N2O3. The predicted octanol–water partition coefficient (Wildman–Crippen LogP) is 0.350. The van der Waals surface area contributed by atoms with Gasteiger partial charge in [-0.15, -0.1) is 0 Å². The zero-order valence-corrected chi connectivity index (χ0v) is 11.4. The van der Waals surface area contributed by atoms with Crippen molar-refractivity contribution in [3.63, 3.8) is 0 Å². The fourth-order valence-corrected chi connectivity index (χ4v) is 2.74. The average molecular weight is 254 g/mol. The lowest BCUT2D eigenvalue weighted by Crippen LogP contribution is -2.53. The van der Waals surface area contributed by atoms with Gasteiger partial charge in [0.15, 0.2) is 0 Å². The highest BCUT2D eigenvalue weighted by molar-refractivity contribution is 5.83. The zero-order valence-electron chi connectivity index (χ0n) is 11.4. The van der Waals surface area contributed by atoms with Gasteiger partial charge in [0.1, 0.15) is 0 Å². The number of carbonyl (C=O) groups is 2. The Labute approximate surface area is 108 Å². The zero-order chi connectivity index (χ0) is 13.3. The van der Waals surface area contributed by atoms with Gasteiger partial charge in [-0.3, -0.25) is 9.59 Å². The largest absolute Gasteiger partial charge is 0.379 e. The van der Waals surface area contributed by atoms with Crippen LogP contribution in [0.2, 0.25) is 0 Å². The predicted molar refractivity (Wildman–Crippen MR) is 66.9 cm³/mol. The highest BCUT2D eigenvalue weighted by Gasteiger charge is 2.43. The average Bonchev–Trinajstić information content (AvgIpc) is 2.65. The van der Waals surface area contributed by atoms with Crippen LogP contribution in [0.3, 0.4) is 0 Å². The first-order valence-electron chi connectivity index (χ1n) is 6.57. The standard InChI is InChI=1S/C13H22N2O3/c1-4-15-7-10(5-11(15)16)6-14(3)12(17)13(2)8-18-9-13/h10H,4-9H2,1-3H3/t10-/m1/s1. The van der Waals surface area contributed by atoms with Gasteiger partial charge in [-0.05, 0) is 13.8 Å². The van der Waals surface area contributed by atoms with E-state index in [4.69, 9.17) is 4.74 Å². The van der Waals surface area contributed by atoms with Gasteiger partial charge < -0.3 is 14.5 Å². The van der Waals surface area contributed by atoms with Crippen LogP contribution in [0, 0.1) is 11.3 Å². The van der Waals surface area contributed by atoms with Gasteiger partial charge in [-0.1, -0.05) is 0 Å². The Kier molecular flexibility index (Phi) is 3.61. The van der Waals surface area contributed by atoms with Gasteiger partial charge in [-0.25, -0.2) is 0 Å². The van der Waals surface area contributed by atoms with E-state index in [1.54, 1.807) is 4.90 Å². The quantitative estimate of drug-likeness (QED) is 0.727. The van der Waals surface area contributed by atoms with Crippen molar-refractivity contribution in [2.24, 2.45) is 11.3 Å². The van der Waals surface area contributed by atoms with Gasteiger partial charge in [-0.2, -0.15) is 0 Å². The first-order valence-corrected chi connectivity index (χ1v) is 6.57. The van der Waals surface area contributed by atoms with E-state index < -0.39 is 0 Å². The Morgan fingerprint density at radius 2 is 2.22 bits per heavy atom. The van der Waals surface area contributed by atoms with Crippen molar-refractivity contribution in [3.05, 3.63) is 0 Å². The molecule has 0 unspecified atom stereocenters. The van der Waals surface area contributed by atoms with Gasteiger partial charge in [0.25, 0.3) is 0 Å². The summed E-state index contributed by atoms with van der Waals surface area (Å²) in [7, 11) is 1.82. The van der Waals surface area contributed by atoms with Gasteiger partial charge in [0.2, 0.25) is 11.8 Å². The van der Waals surface area contributed by atoms with Gasteiger partial charge in [0, 0.05) is 39.0 Å². The summed E-state index contributed by atoms with van der Waals surface area (Å²) in [6, 6.07) is 0. The molecule has 5 nitrogen and oxygen atoms in total. The van der Waals surface area contributed by atoms with Crippen molar-refractivity contribution in [1.82, 2.24) is 9.80 Å². The lowest BCUT2D eigenvalue weighted by atomic mass is 9.87. The number of likely N-dealkylation sites (tertiary alicyclic amines) is 1. The van der Waals surface area contributed by atoms with E-state index in [1.807, 2.05) is 25.8 Å². The molecule has 2 aliphatic rings. The highest BCUT2D eigenvalue weighted by Crippen LogP contribution is 2.29. The lowest BCUT2D eigenvalue weighted by molar-refractivity contribution is -0.167. The Hall–Kier alpha value is -1.10. The van der Waals surface area contributed by atoms with Gasteiger partial charge in [0.05, 0.1) is 18.6 Å². The van der Waals surface area contributed by atoms with Gasteiger partial charge >= 0.3 is 0 Å². The normalized spacial score (nSPS) is 26.1. The molecule has 2 saturated heterocycles. The Bertz CT molecular complexity index is 352. The summed E-state index contributed by atoms with van der Waals surface area (Å²) in [6.45, 7) is 7.16. The molecule has 0 aromatic carbocycles. The lowest BCUT2D eigenvalue weighted by Gasteiger charge is -2.39. The van der Waals surface area contributed by atoms with E-state index in [9.17, 15) is 9.59 Å². The molecule has 2 heterocycles. The molecular weight excluding hydrogens is 232 g/mol. The summed E-state index contributed by atoms with van der Waals surface area (Å²) in [5.41, 5.74) is -0.345. The molecule has 2 rings (SSSR count). The van der Waals surface area contributed by atoms with Crippen LogP contribution in [0.15, 0.2) is 0 Å². The molecule has 2 aliphatic heterocycles. The maximum absolute atomic E-state index is 12.2. The number of hydrogen-bond acceptors (Lipinski definition) is 3. The summed E-state index contributed by atoms with van der Waals surface area (Å²) in [5.74, 6) is 0.619. The first-order chi connectivity index (χ1) is 8.46. The molecule has 0 N–H and O–H groups in total. The molecule has 5 heteroatoms. The fraction of sp³-hybridized carbons (Fsp3) is 0.846. The van der Waals surface area contributed by atoms with Crippen molar-refractivity contribution >= 4 is 11.8 Å². The van der Waals surface area contributed by atoms with Crippen molar-refractivity contribution in [3.8, 4) is 0 Å². The molecule has 0 radical (unpaired) electrons. The van der Waals surface area contributed by atoms with Crippen LogP contribution in [0.1, 0.15) is 20.3 Å². The van der Waals surface area contributed by atoms with Crippen molar-refractivity contribution in [1.29, 1.82) is 0 Å². The number of ether oxygens (including phenoxy) is 1. The second kappa shape index (κ2) is 4.88. The summed E-state index contributed by atoms with van der Waals surface area (Å²) in [6.07, 6.45) is 0.568. The second-order valence-electron chi connectivity index (χ2n) is 5.74. The molecule has 2 amide bonds. The number of rotatable bonds is 4. The fourth-order valence-electron chi connectivity index (χ4n) is 2.74. The van der Waals surface area contributed by atoms with E-state index in [0.717, 1.165) is 13.1 Å². The minimum absolute atomic E-state index is 0.135. The molecule has 0 aromatic heterocycles. The first kappa shape index (κ1) is 13.3. The van der Waals surface area contributed by atoms with Crippen LogP contribution < -0.4 is 0 Å². The van der Waals surface area contributed by atoms with E-state index in [0.29, 0.717) is 26.2 Å².